The average Bonchev–Trinajstić information content (AvgIpc) is 2.92. The monoisotopic (exact) mass is 533 g/mol. The van der Waals surface area contributed by atoms with E-state index in [4.69, 9.17) is 16.3 Å². The van der Waals surface area contributed by atoms with E-state index in [0.29, 0.717) is 28.6 Å². The number of amides is 2. The van der Waals surface area contributed by atoms with Crippen LogP contribution in [-0.4, -0.2) is 57.1 Å². The van der Waals surface area contributed by atoms with E-state index in [-0.39, 0.29) is 11.8 Å². The molecule has 1 fully saturated rings. The highest BCUT2D eigenvalue weighted by molar-refractivity contribution is 8.04. The first-order chi connectivity index (χ1) is 17.8. The van der Waals surface area contributed by atoms with Gasteiger partial charge in [0.1, 0.15) is 5.75 Å². The van der Waals surface area contributed by atoms with Crippen molar-refractivity contribution >= 4 is 52.6 Å². The first-order valence-corrected chi connectivity index (χ1v) is 13.3. The molecule has 0 aliphatic carbocycles. The Morgan fingerprint density at radius 1 is 1.00 bits per heavy atom. The van der Waals surface area contributed by atoms with Gasteiger partial charge in [-0.15, -0.1) is 0 Å². The number of carbonyl (C=O) groups is 2. The van der Waals surface area contributed by atoms with Gasteiger partial charge in [0.25, 0.3) is 11.8 Å². The number of ether oxygens (including phenoxy) is 1. The second-order valence-corrected chi connectivity index (χ2v) is 10.7. The number of nitrogens with zero attached hydrogens (tertiary/aromatic N) is 3. The van der Waals surface area contributed by atoms with Crippen LogP contribution in [0, 0.1) is 6.92 Å². The molecular weight excluding hydrogens is 506 g/mol. The van der Waals surface area contributed by atoms with Gasteiger partial charge in [-0.1, -0.05) is 41.6 Å². The van der Waals surface area contributed by atoms with E-state index in [1.807, 2.05) is 71.6 Å². The highest BCUT2D eigenvalue weighted by Crippen LogP contribution is 2.42. The molecule has 0 bridgehead atoms. The fourth-order valence-corrected chi connectivity index (χ4v) is 5.92. The second-order valence-electron chi connectivity index (χ2n) is 9.14. The van der Waals surface area contributed by atoms with Crippen LogP contribution in [0.2, 0.25) is 5.02 Å². The normalized spacial score (nSPS) is 16.7. The molecule has 6 nitrogen and oxygen atoms in total. The Balaban J connectivity index is 1.31. The van der Waals surface area contributed by atoms with Crippen LogP contribution >= 0.6 is 23.4 Å². The summed E-state index contributed by atoms with van der Waals surface area (Å²) in [6.07, 6.45) is 1.87. The number of piperazine rings is 1. The minimum Gasteiger partial charge on any atom is -0.497 e. The van der Waals surface area contributed by atoms with Crippen molar-refractivity contribution in [1.82, 2.24) is 4.90 Å². The Hall–Kier alpha value is -3.42. The lowest BCUT2D eigenvalue weighted by molar-refractivity contribution is -0.114. The molecule has 2 aliphatic heterocycles. The van der Waals surface area contributed by atoms with E-state index in [1.165, 1.54) is 17.3 Å². The van der Waals surface area contributed by atoms with Gasteiger partial charge in [0.2, 0.25) is 0 Å². The van der Waals surface area contributed by atoms with Gasteiger partial charge in [-0.3, -0.25) is 9.59 Å². The number of hydrogen-bond donors (Lipinski definition) is 0. The van der Waals surface area contributed by atoms with Gasteiger partial charge in [0, 0.05) is 54.4 Å². The number of methoxy groups -OCH3 is 1. The maximum atomic E-state index is 13.4. The Labute approximate surface area is 226 Å². The zero-order valence-electron chi connectivity index (χ0n) is 21.0. The molecule has 3 aromatic carbocycles. The van der Waals surface area contributed by atoms with E-state index in [2.05, 4.69) is 11.8 Å². The van der Waals surface area contributed by atoms with Crippen LogP contribution in [0.15, 0.2) is 70.5 Å². The Bertz CT molecular complexity index is 1400. The van der Waals surface area contributed by atoms with Gasteiger partial charge in [0.15, 0.2) is 0 Å². The summed E-state index contributed by atoms with van der Waals surface area (Å²) in [5.74, 6) is 0.618. The molecular formula is C29H28ClN3O3S. The smallest absolute Gasteiger partial charge is 0.264 e. The molecule has 0 radical (unpaired) electrons. The van der Waals surface area contributed by atoms with Crippen LogP contribution in [0.5, 0.6) is 5.75 Å². The van der Waals surface area contributed by atoms with Crippen molar-refractivity contribution in [3.05, 3.63) is 87.3 Å². The molecule has 190 valence electrons. The zero-order chi connectivity index (χ0) is 26.1. The highest BCUT2D eigenvalue weighted by atomic mass is 35.5. The SMILES string of the molecule is COc1cccc(/C=C2\Sc3ccc(C(=O)N4CCN(c5cc(Cl)ccc5C)CC4)cc3N(C)C2=O)c1. The summed E-state index contributed by atoms with van der Waals surface area (Å²) < 4.78 is 5.30. The van der Waals surface area contributed by atoms with Gasteiger partial charge in [-0.25, -0.2) is 0 Å². The van der Waals surface area contributed by atoms with Gasteiger partial charge in [0.05, 0.1) is 17.7 Å². The lowest BCUT2D eigenvalue weighted by Gasteiger charge is -2.37. The fourth-order valence-electron chi connectivity index (χ4n) is 4.67. The first-order valence-electron chi connectivity index (χ1n) is 12.1. The minimum absolute atomic E-state index is 0.0196. The standard InChI is InChI=1S/C29H28ClN3O3S/c1-19-7-9-22(30)18-24(19)32-11-13-33(14-12-32)28(34)21-8-10-26-25(17-21)31(2)29(35)27(37-26)16-20-5-4-6-23(15-20)36-3/h4-10,15-18H,11-14H2,1-3H3/b27-16-. The van der Waals surface area contributed by atoms with Crippen molar-refractivity contribution in [2.24, 2.45) is 0 Å². The van der Waals surface area contributed by atoms with Gasteiger partial charge >= 0.3 is 0 Å². The molecule has 3 aromatic rings. The summed E-state index contributed by atoms with van der Waals surface area (Å²) in [5.41, 5.74) is 4.52. The number of likely N-dealkylation sites (N-methyl/N-ethyl adjacent to an activating group) is 1. The van der Waals surface area contributed by atoms with E-state index in [1.54, 1.807) is 19.1 Å². The Kier molecular flexibility index (Phi) is 7.17. The molecule has 2 aliphatic rings. The molecule has 0 unspecified atom stereocenters. The lowest BCUT2D eigenvalue weighted by Crippen LogP contribution is -2.49. The number of carbonyl (C=O) groups excluding carboxylic acids is 2. The number of hydrogen-bond acceptors (Lipinski definition) is 5. The van der Waals surface area contributed by atoms with Crippen molar-refractivity contribution < 1.29 is 14.3 Å². The number of halogens is 1. The van der Waals surface area contributed by atoms with Crippen LogP contribution in [0.3, 0.4) is 0 Å². The molecule has 37 heavy (non-hydrogen) atoms. The molecule has 0 saturated carbocycles. The van der Waals surface area contributed by atoms with E-state index in [0.717, 1.165) is 40.7 Å². The summed E-state index contributed by atoms with van der Waals surface area (Å²) in [7, 11) is 3.37. The molecule has 2 heterocycles. The number of anilines is 2. The van der Waals surface area contributed by atoms with Crippen molar-refractivity contribution in [3.8, 4) is 5.75 Å². The second kappa shape index (κ2) is 10.5. The molecule has 0 spiro atoms. The summed E-state index contributed by atoms with van der Waals surface area (Å²) >= 11 is 7.63. The van der Waals surface area contributed by atoms with Crippen molar-refractivity contribution in [2.45, 2.75) is 11.8 Å². The number of benzene rings is 3. The van der Waals surface area contributed by atoms with Crippen LogP contribution in [0.25, 0.3) is 6.08 Å². The fraction of sp³-hybridized carbons (Fsp3) is 0.241. The van der Waals surface area contributed by atoms with Crippen LogP contribution in [-0.2, 0) is 4.79 Å². The van der Waals surface area contributed by atoms with Crippen LogP contribution in [0.1, 0.15) is 21.5 Å². The largest absolute Gasteiger partial charge is 0.497 e. The van der Waals surface area contributed by atoms with Crippen molar-refractivity contribution in [3.63, 3.8) is 0 Å². The van der Waals surface area contributed by atoms with Crippen molar-refractivity contribution in [1.29, 1.82) is 0 Å². The van der Waals surface area contributed by atoms with Crippen molar-refractivity contribution in [2.75, 3.05) is 50.1 Å². The van der Waals surface area contributed by atoms with Crippen LogP contribution < -0.4 is 14.5 Å². The molecule has 8 heteroatoms. The molecule has 0 aromatic heterocycles. The van der Waals surface area contributed by atoms with Gasteiger partial charge in [-0.2, -0.15) is 0 Å². The Morgan fingerprint density at radius 2 is 1.78 bits per heavy atom. The third-order valence-corrected chi connectivity index (χ3v) is 8.09. The van der Waals surface area contributed by atoms with E-state index >= 15 is 0 Å². The first kappa shape index (κ1) is 25.2. The molecule has 5 rings (SSSR count). The van der Waals surface area contributed by atoms with Gasteiger partial charge < -0.3 is 19.4 Å². The lowest BCUT2D eigenvalue weighted by atomic mass is 10.1. The van der Waals surface area contributed by atoms with E-state index in [9.17, 15) is 9.59 Å². The quantitative estimate of drug-likeness (QED) is 0.401. The molecule has 0 atom stereocenters. The van der Waals surface area contributed by atoms with Gasteiger partial charge in [-0.05, 0) is 66.6 Å². The van der Waals surface area contributed by atoms with Crippen LogP contribution in [0.4, 0.5) is 11.4 Å². The average molecular weight is 534 g/mol. The topological polar surface area (TPSA) is 53.1 Å². The summed E-state index contributed by atoms with van der Waals surface area (Å²) in [5, 5.41) is 0.714. The molecule has 0 N–H and O–H groups in total. The minimum atomic E-state index is -0.101. The number of fused-ring (bicyclic) bond motifs is 1. The zero-order valence-corrected chi connectivity index (χ0v) is 22.6. The summed E-state index contributed by atoms with van der Waals surface area (Å²) in [6.45, 7) is 4.80. The molecule has 2 amide bonds. The number of thioether (sulfide) groups is 1. The number of aryl methyl sites for hydroxylation is 1. The predicted octanol–water partition coefficient (Wildman–Crippen LogP) is 5.73. The maximum Gasteiger partial charge on any atom is 0.264 e. The highest BCUT2D eigenvalue weighted by Gasteiger charge is 2.29. The van der Waals surface area contributed by atoms with E-state index < -0.39 is 0 Å². The maximum absolute atomic E-state index is 13.4. The third kappa shape index (κ3) is 5.20. The molecule has 1 saturated heterocycles. The third-order valence-electron chi connectivity index (χ3n) is 6.77. The summed E-state index contributed by atoms with van der Waals surface area (Å²) in [6, 6.07) is 19.1. The number of rotatable bonds is 4. The predicted molar refractivity (Wildman–Crippen MR) is 151 cm³/mol. The Morgan fingerprint density at radius 3 is 2.54 bits per heavy atom. The summed E-state index contributed by atoms with van der Waals surface area (Å²) in [4.78, 5) is 33.8.